The number of aryl methyl sites for hydroxylation is 2. The average Bonchev–Trinajstić information content (AvgIpc) is 2.75. The number of benzene rings is 3. The number of hydrogen-bond donors (Lipinski definition) is 2. The maximum absolute atomic E-state index is 12.7. The quantitative estimate of drug-likeness (QED) is 0.482. The lowest BCUT2D eigenvalue weighted by atomic mass is 10.1. The maximum atomic E-state index is 12.7. The molecule has 168 valence electrons. The molecule has 0 saturated heterocycles. The second-order valence-electron chi connectivity index (χ2n) is 7.52. The fourth-order valence-electron chi connectivity index (χ4n) is 3.03. The third-order valence-electron chi connectivity index (χ3n) is 4.89. The van der Waals surface area contributed by atoms with E-state index in [1.165, 1.54) is 24.3 Å². The molecule has 32 heavy (non-hydrogen) atoms. The molecule has 1 atom stereocenters. The number of halogens is 1. The molecular weight excluding hydrogens is 448 g/mol. The maximum Gasteiger partial charge on any atom is 0.261 e. The first-order valence-corrected chi connectivity index (χ1v) is 11.9. The van der Waals surface area contributed by atoms with Crippen molar-refractivity contribution in [1.29, 1.82) is 0 Å². The van der Waals surface area contributed by atoms with E-state index >= 15 is 0 Å². The van der Waals surface area contributed by atoms with Gasteiger partial charge >= 0.3 is 0 Å². The van der Waals surface area contributed by atoms with Gasteiger partial charge in [-0.2, -0.15) is 0 Å². The molecule has 0 aliphatic heterocycles. The molecule has 0 aliphatic carbocycles. The molecule has 6 nitrogen and oxygen atoms in total. The van der Waals surface area contributed by atoms with E-state index in [1.807, 2.05) is 45.0 Å². The van der Waals surface area contributed by atoms with Crippen molar-refractivity contribution >= 4 is 33.2 Å². The van der Waals surface area contributed by atoms with Crippen molar-refractivity contribution in [3.8, 4) is 5.75 Å². The van der Waals surface area contributed by atoms with Crippen LogP contribution in [0.15, 0.2) is 71.6 Å². The second kappa shape index (κ2) is 10.1. The topological polar surface area (TPSA) is 84.5 Å². The number of anilines is 1. The Morgan fingerprint density at radius 3 is 2.31 bits per heavy atom. The minimum atomic E-state index is -3.74. The number of hydrogen-bond acceptors (Lipinski definition) is 4. The van der Waals surface area contributed by atoms with Crippen LogP contribution in [0.5, 0.6) is 5.75 Å². The van der Waals surface area contributed by atoms with Crippen LogP contribution in [-0.4, -0.2) is 20.9 Å². The summed E-state index contributed by atoms with van der Waals surface area (Å²) >= 11 is 5.88. The van der Waals surface area contributed by atoms with Gasteiger partial charge in [-0.1, -0.05) is 35.9 Å². The van der Waals surface area contributed by atoms with Crippen LogP contribution in [0.25, 0.3) is 0 Å². The van der Waals surface area contributed by atoms with Gasteiger partial charge in [-0.3, -0.25) is 9.52 Å². The minimum Gasteiger partial charge on any atom is -0.484 e. The SMILES string of the molecule is Cc1ccc(C)c(NS(=O)(=O)c2ccc(OCC(=O)N[C@@H](C)c3ccc(Cl)cc3)cc2)c1. The van der Waals surface area contributed by atoms with Crippen LogP contribution in [-0.2, 0) is 14.8 Å². The lowest BCUT2D eigenvalue weighted by Gasteiger charge is -2.15. The largest absolute Gasteiger partial charge is 0.484 e. The number of carbonyl (C=O) groups excluding carboxylic acids is 1. The molecule has 8 heteroatoms. The molecule has 0 aromatic heterocycles. The lowest BCUT2D eigenvalue weighted by molar-refractivity contribution is -0.123. The summed E-state index contributed by atoms with van der Waals surface area (Å²) in [5, 5.41) is 3.48. The Bertz CT molecular complexity index is 1190. The number of ether oxygens (including phenoxy) is 1. The first-order chi connectivity index (χ1) is 15.1. The van der Waals surface area contributed by atoms with Crippen LogP contribution in [0, 0.1) is 13.8 Å². The molecule has 3 aromatic carbocycles. The van der Waals surface area contributed by atoms with E-state index in [2.05, 4.69) is 10.0 Å². The van der Waals surface area contributed by atoms with Crippen molar-refractivity contribution in [2.75, 3.05) is 11.3 Å². The highest BCUT2D eigenvalue weighted by atomic mass is 35.5. The van der Waals surface area contributed by atoms with E-state index in [0.29, 0.717) is 16.5 Å². The molecule has 0 saturated carbocycles. The van der Waals surface area contributed by atoms with Gasteiger partial charge in [0.2, 0.25) is 0 Å². The Morgan fingerprint density at radius 2 is 1.66 bits per heavy atom. The summed E-state index contributed by atoms with van der Waals surface area (Å²) in [7, 11) is -3.74. The van der Waals surface area contributed by atoms with Crippen LogP contribution in [0.3, 0.4) is 0 Å². The van der Waals surface area contributed by atoms with Gasteiger partial charge in [0.05, 0.1) is 16.6 Å². The third-order valence-corrected chi connectivity index (χ3v) is 6.52. The molecule has 0 aliphatic rings. The zero-order valence-corrected chi connectivity index (χ0v) is 19.6. The van der Waals surface area contributed by atoms with Crippen molar-refractivity contribution in [1.82, 2.24) is 5.32 Å². The fourth-order valence-corrected chi connectivity index (χ4v) is 4.28. The van der Waals surface area contributed by atoms with E-state index in [9.17, 15) is 13.2 Å². The van der Waals surface area contributed by atoms with Crippen molar-refractivity contribution in [3.05, 3.63) is 88.4 Å². The van der Waals surface area contributed by atoms with Crippen LogP contribution in [0.4, 0.5) is 5.69 Å². The third kappa shape index (κ3) is 6.24. The standard InChI is InChI=1S/C24H25ClN2O4S/c1-16-4-5-17(2)23(14-16)27-32(29,30)22-12-10-21(11-13-22)31-15-24(28)26-18(3)19-6-8-20(25)9-7-19/h4-14,18,27H,15H2,1-3H3,(H,26,28)/t18-/m0/s1. The fraction of sp³-hybridized carbons (Fsp3) is 0.208. The van der Waals surface area contributed by atoms with E-state index in [-0.39, 0.29) is 23.5 Å². The first-order valence-electron chi connectivity index (χ1n) is 10.0. The van der Waals surface area contributed by atoms with E-state index < -0.39 is 10.0 Å². The van der Waals surface area contributed by atoms with Gasteiger partial charge < -0.3 is 10.1 Å². The Kier molecular flexibility index (Phi) is 7.43. The highest BCUT2D eigenvalue weighted by Crippen LogP contribution is 2.23. The molecule has 0 spiro atoms. The number of carbonyl (C=O) groups is 1. The first kappa shape index (κ1) is 23.6. The molecular formula is C24H25ClN2O4S. The zero-order valence-electron chi connectivity index (χ0n) is 18.1. The summed E-state index contributed by atoms with van der Waals surface area (Å²) in [6.07, 6.45) is 0. The molecule has 2 N–H and O–H groups in total. The zero-order chi connectivity index (χ0) is 23.3. The summed E-state index contributed by atoms with van der Waals surface area (Å²) in [6.45, 7) is 5.41. The molecule has 3 aromatic rings. The highest BCUT2D eigenvalue weighted by Gasteiger charge is 2.16. The van der Waals surface area contributed by atoms with E-state index in [0.717, 1.165) is 16.7 Å². The monoisotopic (exact) mass is 472 g/mol. The van der Waals surface area contributed by atoms with Crippen LogP contribution in [0.1, 0.15) is 29.7 Å². The molecule has 3 rings (SSSR count). The molecule has 0 heterocycles. The van der Waals surface area contributed by atoms with E-state index in [4.69, 9.17) is 16.3 Å². The summed E-state index contributed by atoms with van der Waals surface area (Å²) in [4.78, 5) is 12.3. The second-order valence-corrected chi connectivity index (χ2v) is 9.64. The van der Waals surface area contributed by atoms with Crippen molar-refractivity contribution < 1.29 is 17.9 Å². The number of rotatable bonds is 8. The smallest absolute Gasteiger partial charge is 0.261 e. The Morgan fingerprint density at radius 1 is 1.00 bits per heavy atom. The van der Waals surface area contributed by atoms with Gasteiger partial charge in [-0.05, 0) is 79.9 Å². The molecule has 0 fully saturated rings. The number of amides is 1. The molecule has 0 bridgehead atoms. The Labute approximate surface area is 193 Å². The van der Waals surface area contributed by atoms with Gasteiger partial charge in [0.1, 0.15) is 5.75 Å². The van der Waals surface area contributed by atoms with E-state index in [1.54, 1.807) is 18.2 Å². The minimum absolute atomic E-state index is 0.103. The molecule has 1 amide bonds. The predicted molar refractivity (Wildman–Crippen MR) is 127 cm³/mol. The van der Waals surface area contributed by atoms with Crippen LogP contribution < -0.4 is 14.8 Å². The summed E-state index contributed by atoms with van der Waals surface area (Å²) in [5.41, 5.74) is 3.25. The van der Waals surface area contributed by atoms with Crippen LogP contribution >= 0.6 is 11.6 Å². The van der Waals surface area contributed by atoms with Crippen molar-refractivity contribution in [2.24, 2.45) is 0 Å². The van der Waals surface area contributed by atoms with Gasteiger partial charge in [0.25, 0.3) is 15.9 Å². The van der Waals surface area contributed by atoms with Gasteiger partial charge in [-0.25, -0.2) is 8.42 Å². The summed E-state index contributed by atoms with van der Waals surface area (Å²) < 4.78 is 33.5. The lowest BCUT2D eigenvalue weighted by Crippen LogP contribution is -2.31. The highest BCUT2D eigenvalue weighted by molar-refractivity contribution is 7.92. The van der Waals surface area contributed by atoms with Gasteiger partial charge in [0.15, 0.2) is 6.61 Å². The van der Waals surface area contributed by atoms with Crippen molar-refractivity contribution in [3.63, 3.8) is 0 Å². The number of nitrogens with one attached hydrogen (secondary N) is 2. The van der Waals surface area contributed by atoms with Crippen molar-refractivity contribution in [2.45, 2.75) is 31.7 Å². The molecule has 0 unspecified atom stereocenters. The number of sulfonamides is 1. The summed E-state index contributed by atoms with van der Waals surface area (Å²) in [6, 6.07) is 18.5. The Hall–Kier alpha value is -3.03. The normalized spacial score (nSPS) is 12.1. The predicted octanol–water partition coefficient (Wildman–Crippen LogP) is 5.01. The Balaban J connectivity index is 1.57. The van der Waals surface area contributed by atoms with Gasteiger partial charge in [0, 0.05) is 5.02 Å². The van der Waals surface area contributed by atoms with Gasteiger partial charge in [-0.15, -0.1) is 0 Å². The molecule has 0 radical (unpaired) electrons. The summed E-state index contributed by atoms with van der Waals surface area (Å²) in [5.74, 6) is 0.103. The average molecular weight is 473 g/mol. The van der Waals surface area contributed by atoms with Crippen LogP contribution in [0.2, 0.25) is 5.02 Å².